The van der Waals surface area contributed by atoms with Gasteiger partial charge in [0.25, 0.3) is 5.91 Å². The van der Waals surface area contributed by atoms with Crippen molar-refractivity contribution in [3.63, 3.8) is 0 Å². The van der Waals surface area contributed by atoms with Gasteiger partial charge in [-0.05, 0) is 31.2 Å². The fraction of sp³-hybridized carbons (Fsp3) is 0.222. The average molecular weight is 379 g/mol. The molecule has 0 radical (unpaired) electrons. The number of benzene rings is 2. The first-order valence-electron chi connectivity index (χ1n) is 7.90. The molecule has 0 saturated heterocycles. The summed E-state index contributed by atoms with van der Waals surface area (Å²) in [5.74, 6) is -1.24. The average Bonchev–Trinajstić information content (AvgIpc) is 2.93. The van der Waals surface area contributed by atoms with Crippen molar-refractivity contribution in [3.8, 4) is 17.2 Å². The molecule has 1 aliphatic rings. The maximum absolute atomic E-state index is 13.0. The number of rotatable bonds is 6. The Morgan fingerprint density at radius 1 is 1.11 bits per heavy atom. The normalized spacial score (nSPS) is 14.9. The monoisotopic (exact) mass is 379 g/mol. The lowest BCUT2D eigenvalue weighted by molar-refractivity contribution is -0.286. The molecule has 1 N–H and O–H groups in total. The molecule has 1 amide bonds. The van der Waals surface area contributed by atoms with Gasteiger partial charge in [-0.3, -0.25) is 4.79 Å². The molecule has 9 heteroatoms. The van der Waals surface area contributed by atoms with E-state index in [-0.39, 0.29) is 17.2 Å². The minimum absolute atomic E-state index is 0.142. The van der Waals surface area contributed by atoms with Crippen LogP contribution < -0.4 is 19.5 Å². The highest BCUT2D eigenvalue weighted by atomic mass is 19.3. The highest BCUT2D eigenvalue weighted by Gasteiger charge is 2.43. The fourth-order valence-electron chi connectivity index (χ4n) is 2.23. The van der Waals surface area contributed by atoms with Crippen molar-refractivity contribution in [2.24, 2.45) is 0 Å². The van der Waals surface area contributed by atoms with Crippen molar-refractivity contribution in [1.29, 1.82) is 0 Å². The van der Waals surface area contributed by atoms with Crippen LogP contribution in [0.2, 0.25) is 0 Å². The minimum Gasteiger partial charge on any atom is -0.479 e. The first kappa shape index (κ1) is 18.4. The molecule has 7 nitrogen and oxygen atoms in total. The zero-order valence-corrected chi connectivity index (χ0v) is 14.1. The third kappa shape index (κ3) is 4.84. The molecule has 142 valence electrons. The van der Waals surface area contributed by atoms with Crippen LogP contribution in [0.5, 0.6) is 17.2 Å². The van der Waals surface area contributed by atoms with Gasteiger partial charge in [0.2, 0.25) is 0 Å². The van der Waals surface area contributed by atoms with E-state index in [9.17, 15) is 18.4 Å². The summed E-state index contributed by atoms with van der Waals surface area (Å²) >= 11 is 0. The van der Waals surface area contributed by atoms with Gasteiger partial charge in [-0.2, -0.15) is 0 Å². The number of ether oxygens (including phenoxy) is 4. The number of anilines is 1. The minimum atomic E-state index is -3.74. The largest absolute Gasteiger partial charge is 0.586 e. The van der Waals surface area contributed by atoms with Crippen molar-refractivity contribution < 1.29 is 37.3 Å². The Morgan fingerprint density at radius 3 is 2.56 bits per heavy atom. The van der Waals surface area contributed by atoms with Gasteiger partial charge in [-0.1, -0.05) is 18.2 Å². The standard InChI is InChI=1S/C18H15F2NO6/c1-11(25-13-5-3-2-4-6-13)17(23)24-10-16(22)21-12-7-8-14-15(9-12)27-18(19,20)26-14/h2-9,11H,10H2,1H3,(H,21,22)/t11-/m0/s1. The summed E-state index contributed by atoms with van der Waals surface area (Å²) in [6, 6.07) is 12.4. The molecule has 3 rings (SSSR count). The van der Waals surface area contributed by atoms with E-state index >= 15 is 0 Å². The summed E-state index contributed by atoms with van der Waals surface area (Å²) in [7, 11) is 0. The second kappa shape index (κ2) is 7.48. The summed E-state index contributed by atoms with van der Waals surface area (Å²) in [6.45, 7) is 0.928. The third-order valence-corrected chi connectivity index (χ3v) is 3.42. The van der Waals surface area contributed by atoms with E-state index in [1.165, 1.54) is 25.1 Å². The van der Waals surface area contributed by atoms with Crippen molar-refractivity contribution in [1.82, 2.24) is 0 Å². The van der Waals surface area contributed by atoms with E-state index in [2.05, 4.69) is 14.8 Å². The van der Waals surface area contributed by atoms with E-state index in [1.807, 2.05) is 0 Å². The molecule has 0 spiro atoms. The Labute approximate surface area is 152 Å². The second-order valence-corrected chi connectivity index (χ2v) is 5.56. The molecule has 0 unspecified atom stereocenters. The fourth-order valence-corrected chi connectivity index (χ4v) is 2.23. The zero-order chi connectivity index (χ0) is 19.4. The second-order valence-electron chi connectivity index (χ2n) is 5.56. The van der Waals surface area contributed by atoms with Crippen LogP contribution in [-0.2, 0) is 14.3 Å². The molecule has 0 saturated carbocycles. The van der Waals surface area contributed by atoms with Gasteiger partial charge >= 0.3 is 12.3 Å². The molecule has 1 aliphatic heterocycles. The van der Waals surface area contributed by atoms with Gasteiger partial charge in [0.1, 0.15) is 5.75 Å². The molecule has 0 aromatic heterocycles. The Morgan fingerprint density at radius 2 is 1.81 bits per heavy atom. The molecule has 1 atom stereocenters. The summed E-state index contributed by atoms with van der Waals surface area (Å²) in [5, 5.41) is 2.41. The first-order valence-corrected chi connectivity index (χ1v) is 7.90. The molecule has 2 aromatic rings. The van der Waals surface area contributed by atoms with Crippen LogP contribution in [0.1, 0.15) is 6.92 Å². The number of alkyl halides is 2. The van der Waals surface area contributed by atoms with Crippen LogP contribution >= 0.6 is 0 Å². The van der Waals surface area contributed by atoms with E-state index in [1.54, 1.807) is 30.3 Å². The lowest BCUT2D eigenvalue weighted by Gasteiger charge is -2.13. The van der Waals surface area contributed by atoms with Crippen LogP contribution in [-0.4, -0.2) is 30.9 Å². The zero-order valence-electron chi connectivity index (χ0n) is 14.1. The predicted octanol–water partition coefficient (Wildman–Crippen LogP) is 2.96. The SMILES string of the molecule is C[C@H](Oc1ccccc1)C(=O)OCC(=O)Nc1ccc2c(c1)OC(F)(F)O2. The molecular formula is C18H15F2NO6. The Bertz CT molecular complexity index is 843. The quantitative estimate of drug-likeness (QED) is 0.777. The van der Waals surface area contributed by atoms with Crippen molar-refractivity contribution >= 4 is 17.6 Å². The third-order valence-electron chi connectivity index (χ3n) is 3.42. The summed E-state index contributed by atoms with van der Waals surface area (Å²) in [6.07, 6.45) is -4.65. The van der Waals surface area contributed by atoms with Gasteiger partial charge in [0, 0.05) is 11.8 Å². The van der Waals surface area contributed by atoms with Crippen LogP contribution in [0.3, 0.4) is 0 Å². The molecule has 1 heterocycles. The van der Waals surface area contributed by atoms with Gasteiger partial charge in [0.05, 0.1) is 0 Å². The molecule has 0 aliphatic carbocycles. The molecule has 2 aromatic carbocycles. The highest BCUT2D eigenvalue weighted by Crippen LogP contribution is 2.42. The van der Waals surface area contributed by atoms with Gasteiger partial charge < -0.3 is 24.3 Å². The van der Waals surface area contributed by atoms with Crippen LogP contribution in [0.4, 0.5) is 14.5 Å². The molecule has 0 fully saturated rings. The van der Waals surface area contributed by atoms with Gasteiger partial charge in [0.15, 0.2) is 24.2 Å². The van der Waals surface area contributed by atoms with Crippen LogP contribution in [0, 0.1) is 0 Å². The molecule has 0 bridgehead atoms. The smallest absolute Gasteiger partial charge is 0.479 e. The summed E-state index contributed by atoms with van der Waals surface area (Å²) < 4.78 is 44.8. The lowest BCUT2D eigenvalue weighted by atomic mass is 10.3. The number of carbonyl (C=O) groups is 2. The predicted molar refractivity (Wildman–Crippen MR) is 88.8 cm³/mol. The molecular weight excluding hydrogens is 364 g/mol. The number of esters is 1. The number of halogens is 2. The number of nitrogens with one attached hydrogen (secondary N) is 1. The maximum Gasteiger partial charge on any atom is 0.586 e. The van der Waals surface area contributed by atoms with Gasteiger partial charge in [-0.15, -0.1) is 8.78 Å². The number of hydrogen-bond donors (Lipinski definition) is 1. The number of hydrogen-bond acceptors (Lipinski definition) is 6. The topological polar surface area (TPSA) is 83.1 Å². The highest BCUT2D eigenvalue weighted by molar-refractivity contribution is 5.93. The number of para-hydroxylation sites is 1. The number of fused-ring (bicyclic) bond motifs is 1. The van der Waals surface area contributed by atoms with Gasteiger partial charge in [-0.25, -0.2) is 4.79 Å². The Hall–Kier alpha value is -3.36. The Balaban J connectivity index is 1.48. The molecule has 27 heavy (non-hydrogen) atoms. The van der Waals surface area contributed by atoms with E-state index in [0.717, 1.165) is 0 Å². The summed E-state index contributed by atoms with van der Waals surface area (Å²) in [4.78, 5) is 23.8. The van der Waals surface area contributed by atoms with Crippen LogP contribution in [0.15, 0.2) is 48.5 Å². The van der Waals surface area contributed by atoms with E-state index < -0.39 is 30.9 Å². The number of amides is 1. The summed E-state index contributed by atoms with van der Waals surface area (Å²) in [5.41, 5.74) is 0.185. The maximum atomic E-state index is 13.0. The first-order chi connectivity index (χ1) is 12.8. The Kier molecular flexibility index (Phi) is 5.11. The van der Waals surface area contributed by atoms with E-state index in [0.29, 0.717) is 5.75 Å². The van der Waals surface area contributed by atoms with Crippen LogP contribution in [0.25, 0.3) is 0 Å². The van der Waals surface area contributed by atoms with Crippen molar-refractivity contribution in [2.45, 2.75) is 19.3 Å². The number of carbonyl (C=O) groups excluding carboxylic acids is 2. The van der Waals surface area contributed by atoms with Crippen molar-refractivity contribution in [2.75, 3.05) is 11.9 Å². The lowest BCUT2D eigenvalue weighted by Crippen LogP contribution is -2.29. The van der Waals surface area contributed by atoms with Crippen molar-refractivity contribution in [3.05, 3.63) is 48.5 Å². The van der Waals surface area contributed by atoms with E-state index in [4.69, 9.17) is 9.47 Å².